The zero-order valence-electron chi connectivity index (χ0n) is 8.79. The topological polar surface area (TPSA) is 53.1 Å². The van der Waals surface area contributed by atoms with Gasteiger partial charge in [-0.15, -0.1) is 0 Å². The van der Waals surface area contributed by atoms with Crippen LogP contribution in [0.3, 0.4) is 0 Å². The molecule has 0 aromatic carbocycles. The van der Waals surface area contributed by atoms with Crippen molar-refractivity contribution in [2.24, 2.45) is 5.73 Å². The molecule has 0 bridgehead atoms. The number of hydrogen-bond acceptors (Lipinski definition) is 3. The van der Waals surface area contributed by atoms with Crippen LogP contribution in [0, 0.1) is 13.8 Å². The smallest absolute Gasteiger partial charge is 0.0777 e. The minimum Gasteiger partial charge on any atom is -0.379 e. The van der Waals surface area contributed by atoms with Gasteiger partial charge in [-0.05, 0) is 20.3 Å². The van der Waals surface area contributed by atoms with Crippen molar-refractivity contribution in [3.05, 3.63) is 17.0 Å². The molecule has 2 heterocycles. The largest absolute Gasteiger partial charge is 0.379 e. The highest BCUT2D eigenvalue weighted by Crippen LogP contribution is 2.23. The molecule has 4 heteroatoms. The average Bonchev–Trinajstić information content (AvgIpc) is 2.74. The van der Waals surface area contributed by atoms with Gasteiger partial charge in [0.05, 0.1) is 18.3 Å². The fraction of sp³-hybridized carbons (Fsp3) is 0.700. The van der Waals surface area contributed by atoms with Gasteiger partial charge in [0.1, 0.15) is 0 Å². The number of nitrogens with zero attached hydrogens (tertiary/aromatic N) is 2. The standard InChI is InChI=1S/C10H17N3O/c1-7-10(5-11)8(2)13(12-7)9-3-4-14-6-9/h9H,3-6,11H2,1-2H3. The van der Waals surface area contributed by atoms with Gasteiger partial charge in [-0.25, -0.2) is 0 Å². The summed E-state index contributed by atoms with van der Waals surface area (Å²) in [5.41, 5.74) is 9.10. The molecule has 78 valence electrons. The molecule has 0 radical (unpaired) electrons. The van der Waals surface area contributed by atoms with Crippen LogP contribution in [0.4, 0.5) is 0 Å². The Bertz CT molecular complexity index is 326. The lowest BCUT2D eigenvalue weighted by Gasteiger charge is -2.10. The van der Waals surface area contributed by atoms with Crippen LogP contribution >= 0.6 is 0 Å². The summed E-state index contributed by atoms with van der Waals surface area (Å²) in [5.74, 6) is 0. The van der Waals surface area contributed by atoms with E-state index in [-0.39, 0.29) is 0 Å². The zero-order valence-corrected chi connectivity index (χ0v) is 8.79. The first-order valence-electron chi connectivity index (χ1n) is 5.06. The van der Waals surface area contributed by atoms with E-state index in [0.29, 0.717) is 12.6 Å². The Morgan fingerprint density at radius 3 is 2.86 bits per heavy atom. The Kier molecular flexibility index (Phi) is 2.56. The third kappa shape index (κ3) is 1.44. The third-order valence-corrected chi connectivity index (χ3v) is 2.93. The Morgan fingerprint density at radius 1 is 1.57 bits per heavy atom. The van der Waals surface area contributed by atoms with Crippen LogP contribution in [0.1, 0.15) is 29.4 Å². The van der Waals surface area contributed by atoms with E-state index in [1.807, 2.05) is 6.92 Å². The van der Waals surface area contributed by atoms with Gasteiger partial charge in [-0.1, -0.05) is 0 Å². The van der Waals surface area contributed by atoms with E-state index in [9.17, 15) is 0 Å². The second-order valence-corrected chi connectivity index (χ2v) is 3.82. The molecule has 0 spiro atoms. The highest BCUT2D eigenvalue weighted by molar-refractivity contribution is 5.24. The molecular formula is C10H17N3O. The first-order chi connectivity index (χ1) is 6.74. The summed E-state index contributed by atoms with van der Waals surface area (Å²) in [7, 11) is 0. The number of ether oxygens (including phenoxy) is 1. The summed E-state index contributed by atoms with van der Waals surface area (Å²) in [6.07, 6.45) is 1.06. The maximum atomic E-state index is 5.68. The lowest BCUT2D eigenvalue weighted by molar-refractivity contribution is 0.184. The van der Waals surface area contributed by atoms with Gasteiger partial charge in [-0.2, -0.15) is 5.10 Å². The van der Waals surface area contributed by atoms with Crippen molar-refractivity contribution in [2.45, 2.75) is 32.9 Å². The van der Waals surface area contributed by atoms with E-state index in [1.165, 1.54) is 11.3 Å². The van der Waals surface area contributed by atoms with Crippen molar-refractivity contribution in [3.8, 4) is 0 Å². The number of aryl methyl sites for hydroxylation is 1. The van der Waals surface area contributed by atoms with Gasteiger partial charge >= 0.3 is 0 Å². The fourth-order valence-corrected chi connectivity index (χ4v) is 2.06. The van der Waals surface area contributed by atoms with Gasteiger partial charge in [0.15, 0.2) is 0 Å². The van der Waals surface area contributed by atoms with E-state index in [0.717, 1.165) is 25.3 Å². The third-order valence-electron chi connectivity index (χ3n) is 2.93. The molecule has 1 atom stereocenters. The molecule has 1 fully saturated rings. The average molecular weight is 195 g/mol. The van der Waals surface area contributed by atoms with Crippen LogP contribution in [-0.2, 0) is 11.3 Å². The predicted octanol–water partition coefficient (Wildman–Crippen LogP) is 0.920. The SMILES string of the molecule is Cc1nn(C2CCOC2)c(C)c1CN. The quantitative estimate of drug-likeness (QED) is 0.763. The number of nitrogens with two attached hydrogens (primary N) is 1. The monoisotopic (exact) mass is 195 g/mol. The van der Waals surface area contributed by atoms with E-state index in [4.69, 9.17) is 10.5 Å². The summed E-state index contributed by atoms with van der Waals surface area (Å²) >= 11 is 0. The minimum atomic E-state index is 0.411. The molecule has 1 unspecified atom stereocenters. The molecule has 2 rings (SSSR count). The van der Waals surface area contributed by atoms with E-state index >= 15 is 0 Å². The van der Waals surface area contributed by atoms with Gasteiger partial charge in [0.2, 0.25) is 0 Å². The molecule has 1 aliphatic rings. The Balaban J connectivity index is 2.33. The van der Waals surface area contributed by atoms with Crippen LogP contribution in [-0.4, -0.2) is 23.0 Å². The summed E-state index contributed by atoms with van der Waals surface area (Å²) < 4.78 is 7.43. The van der Waals surface area contributed by atoms with Crippen molar-refractivity contribution < 1.29 is 4.74 Å². The molecule has 1 aromatic rings. The lowest BCUT2D eigenvalue weighted by Crippen LogP contribution is -2.12. The normalized spacial score (nSPS) is 21.8. The van der Waals surface area contributed by atoms with Crippen molar-refractivity contribution in [1.29, 1.82) is 0 Å². The highest BCUT2D eigenvalue weighted by atomic mass is 16.5. The minimum absolute atomic E-state index is 0.411. The van der Waals surface area contributed by atoms with E-state index < -0.39 is 0 Å². The molecule has 0 saturated carbocycles. The summed E-state index contributed by atoms with van der Waals surface area (Å²) in [6, 6.07) is 0.411. The molecular weight excluding hydrogens is 178 g/mol. The van der Waals surface area contributed by atoms with Crippen LogP contribution in [0.2, 0.25) is 0 Å². The van der Waals surface area contributed by atoms with Gasteiger partial charge < -0.3 is 10.5 Å². The Labute approximate surface area is 84.0 Å². The van der Waals surface area contributed by atoms with Crippen molar-refractivity contribution in [3.63, 3.8) is 0 Å². The van der Waals surface area contributed by atoms with Crippen molar-refractivity contribution in [1.82, 2.24) is 9.78 Å². The molecule has 0 aliphatic carbocycles. The Morgan fingerprint density at radius 2 is 2.36 bits per heavy atom. The van der Waals surface area contributed by atoms with Gasteiger partial charge in [0, 0.05) is 24.4 Å². The van der Waals surface area contributed by atoms with Crippen molar-refractivity contribution >= 4 is 0 Å². The van der Waals surface area contributed by atoms with E-state index in [1.54, 1.807) is 0 Å². The number of hydrogen-bond donors (Lipinski definition) is 1. The van der Waals surface area contributed by atoms with Crippen LogP contribution in [0.5, 0.6) is 0 Å². The van der Waals surface area contributed by atoms with Crippen LogP contribution < -0.4 is 5.73 Å². The number of aromatic nitrogens is 2. The van der Waals surface area contributed by atoms with Crippen LogP contribution in [0.15, 0.2) is 0 Å². The number of rotatable bonds is 2. The van der Waals surface area contributed by atoms with Crippen LogP contribution in [0.25, 0.3) is 0 Å². The summed E-state index contributed by atoms with van der Waals surface area (Å²) in [4.78, 5) is 0. The second-order valence-electron chi connectivity index (χ2n) is 3.82. The lowest BCUT2D eigenvalue weighted by atomic mass is 10.2. The molecule has 14 heavy (non-hydrogen) atoms. The van der Waals surface area contributed by atoms with Gasteiger partial charge in [0.25, 0.3) is 0 Å². The first kappa shape index (κ1) is 9.68. The molecule has 2 N–H and O–H groups in total. The second kappa shape index (κ2) is 3.71. The van der Waals surface area contributed by atoms with E-state index in [2.05, 4.69) is 16.7 Å². The Hall–Kier alpha value is -0.870. The van der Waals surface area contributed by atoms with Gasteiger partial charge in [-0.3, -0.25) is 4.68 Å². The first-order valence-corrected chi connectivity index (χ1v) is 5.06. The maximum Gasteiger partial charge on any atom is 0.0777 e. The predicted molar refractivity (Wildman–Crippen MR) is 54.1 cm³/mol. The molecule has 1 aromatic heterocycles. The molecule has 1 saturated heterocycles. The summed E-state index contributed by atoms with van der Waals surface area (Å²) in [5, 5.41) is 4.52. The molecule has 1 aliphatic heterocycles. The van der Waals surface area contributed by atoms with Crippen molar-refractivity contribution in [2.75, 3.05) is 13.2 Å². The molecule has 4 nitrogen and oxygen atoms in total. The zero-order chi connectivity index (χ0) is 10.1. The summed E-state index contributed by atoms with van der Waals surface area (Å²) in [6.45, 7) is 6.31. The fourth-order valence-electron chi connectivity index (χ4n) is 2.06. The highest BCUT2D eigenvalue weighted by Gasteiger charge is 2.21. The molecule has 0 amide bonds. The maximum absolute atomic E-state index is 5.68.